The highest BCUT2D eigenvalue weighted by Gasteiger charge is 2.31. The predicted octanol–water partition coefficient (Wildman–Crippen LogP) is 1.89. The van der Waals surface area contributed by atoms with Crippen LogP contribution in [0.2, 0.25) is 0 Å². The standard InChI is InChI=1S/C10H16F3N3/c1-3-14-9(5-10(11,12)13)4-8-6-15-16(2)7-8/h6-7,9,14H,3-5H2,1-2H3. The molecule has 3 nitrogen and oxygen atoms in total. The summed E-state index contributed by atoms with van der Waals surface area (Å²) in [6, 6.07) is -0.575. The molecule has 16 heavy (non-hydrogen) atoms. The van der Waals surface area contributed by atoms with Gasteiger partial charge in [0.2, 0.25) is 0 Å². The van der Waals surface area contributed by atoms with Gasteiger partial charge in [-0.1, -0.05) is 6.92 Å². The molecule has 92 valence electrons. The minimum Gasteiger partial charge on any atom is -0.314 e. The quantitative estimate of drug-likeness (QED) is 0.844. The van der Waals surface area contributed by atoms with Crippen LogP contribution in [0.3, 0.4) is 0 Å². The van der Waals surface area contributed by atoms with Crippen molar-refractivity contribution in [3.63, 3.8) is 0 Å². The molecule has 1 rings (SSSR count). The van der Waals surface area contributed by atoms with E-state index in [2.05, 4.69) is 10.4 Å². The fourth-order valence-corrected chi connectivity index (χ4v) is 1.65. The summed E-state index contributed by atoms with van der Waals surface area (Å²) in [6.45, 7) is 2.33. The number of nitrogens with one attached hydrogen (secondary N) is 1. The Morgan fingerprint density at radius 3 is 2.62 bits per heavy atom. The van der Waals surface area contributed by atoms with Crippen LogP contribution in [0.5, 0.6) is 0 Å². The van der Waals surface area contributed by atoms with Gasteiger partial charge in [-0.3, -0.25) is 4.68 Å². The third-order valence-corrected chi connectivity index (χ3v) is 2.21. The summed E-state index contributed by atoms with van der Waals surface area (Å²) in [5, 5.41) is 6.77. The Bertz CT molecular complexity index is 319. The fraction of sp³-hybridized carbons (Fsp3) is 0.700. The van der Waals surface area contributed by atoms with E-state index in [1.165, 1.54) is 0 Å². The summed E-state index contributed by atoms with van der Waals surface area (Å²) in [4.78, 5) is 0. The monoisotopic (exact) mass is 235 g/mol. The van der Waals surface area contributed by atoms with Gasteiger partial charge in [0.05, 0.1) is 12.6 Å². The average molecular weight is 235 g/mol. The maximum atomic E-state index is 12.3. The number of alkyl halides is 3. The van der Waals surface area contributed by atoms with Crippen LogP contribution in [-0.2, 0) is 13.5 Å². The lowest BCUT2D eigenvalue weighted by Gasteiger charge is -2.18. The molecule has 1 N–H and O–H groups in total. The molecule has 1 aromatic heterocycles. The Labute approximate surface area is 92.6 Å². The van der Waals surface area contributed by atoms with Crippen molar-refractivity contribution in [3.8, 4) is 0 Å². The van der Waals surface area contributed by atoms with Gasteiger partial charge in [-0.15, -0.1) is 0 Å². The predicted molar refractivity (Wildman–Crippen MR) is 55.0 cm³/mol. The van der Waals surface area contributed by atoms with Crippen molar-refractivity contribution in [2.24, 2.45) is 7.05 Å². The number of halogens is 3. The van der Waals surface area contributed by atoms with Crippen molar-refractivity contribution in [1.82, 2.24) is 15.1 Å². The summed E-state index contributed by atoms with van der Waals surface area (Å²) >= 11 is 0. The average Bonchev–Trinajstić information content (AvgIpc) is 2.48. The van der Waals surface area contributed by atoms with E-state index in [-0.39, 0.29) is 0 Å². The molecule has 0 bridgehead atoms. The largest absolute Gasteiger partial charge is 0.390 e. The van der Waals surface area contributed by atoms with Gasteiger partial charge in [0.25, 0.3) is 0 Å². The second-order valence-electron chi connectivity index (χ2n) is 3.80. The van der Waals surface area contributed by atoms with E-state index in [9.17, 15) is 13.2 Å². The summed E-state index contributed by atoms with van der Waals surface area (Å²) in [5.41, 5.74) is 0.817. The maximum Gasteiger partial charge on any atom is 0.390 e. The molecule has 0 spiro atoms. The molecule has 0 aliphatic rings. The molecule has 1 heterocycles. The smallest absolute Gasteiger partial charge is 0.314 e. The number of aryl methyl sites for hydroxylation is 1. The number of nitrogens with zero attached hydrogens (tertiary/aromatic N) is 2. The van der Waals surface area contributed by atoms with E-state index < -0.39 is 18.6 Å². The summed E-state index contributed by atoms with van der Waals surface area (Å²) in [5.74, 6) is 0. The molecule has 0 saturated carbocycles. The number of hydrogen-bond acceptors (Lipinski definition) is 2. The zero-order valence-corrected chi connectivity index (χ0v) is 9.38. The number of likely N-dealkylation sites (N-methyl/N-ethyl adjacent to an activating group) is 1. The SMILES string of the molecule is CCNC(Cc1cnn(C)c1)CC(F)(F)F. The molecule has 6 heteroatoms. The van der Waals surface area contributed by atoms with E-state index in [4.69, 9.17) is 0 Å². The van der Waals surface area contributed by atoms with Crippen LogP contribution in [0, 0.1) is 0 Å². The van der Waals surface area contributed by atoms with Crippen molar-refractivity contribution in [2.45, 2.75) is 32.0 Å². The van der Waals surface area contributed by atoms with Gasteiger partial charge in [-0.05, 0) is 18.5 Å². The first kappa shape index (κ1) is 13.0. The Balaban J connectivity index is 2.57. The summed E-state index contributed by atoms with van der Waals surface area (Å²) in [7, 11) is 1.75. The Morgan fingerprint density at radius 2 is 2.19 bits per heavy atom. The minimum atomic E-state index is -4.13. The summed E-state index contributed by atoms with van der Waals surface area (Å²) < 4.78 is 38.4. The molecule has 0 aromatic carbocycles. The van der Waals surface area contributed by atoms with E-state index in [1.54, 1.807) is 31.0 Å². The zero-order valence-electron chi connectivity index (χ0n) is 9.38. The van der Waals surface area contributed by atoms with Crippen LogP contribution in [0.25, 0.3) is 0 Å². The second-order valence-corrected chi connectivity index (χ2v) is 3.80. The topological polar surface area (TPSA) is 29.9 Å². The molecule has 1 unspecified atom stereocenters. The molecule has 0 amide bonds. The molecule has 1 aromatic rings. The zero-order chi connectivity index (χ0) is 12.2. The van der Waals surface area contributed by atoms with Crippen molar-refractivity contribution >= 4 is 0 Å². The third-order valence-electron chi connectivity index (χ3n) is 2.21. The van der Waals surface area contributed by atoms with Crippen LogP contribution in [-0.4, -0.2) is 28.5 Å². The van der Waals surface area contributed by atoms with Crippen molar-refractivity contribution in [3.05, 3.63) is 18.0 Å². The van der Waals surface area contributed by atoms with Crippen molar-refractivity contribution in [1.29, 1.82) is 0 Å². The van der Waals surface area contributed by atoms with Gasteiger partial charge in [0.15, 0.2) is 0 Å². The van der Waals surface area contributed by atoms with Gasteiger partial charge < -0.3 is 5.32 Å². The van der Waals surface area contributed by atoms with E-state index in [0.29, 0.717) is 13.0 Å². The number of rotatable bonds is 5. The molecule has 0 aliphatic carbocycles. The molecule has 0 radical (unpaired) electrons. The van der Waals surface area contributed by atoms with Crippen molar-refractivity contribution < 1.29 is 13.2 Å². The van der Waals surface area contributed by atoms with Crippen LogP contribution in [0.4, 0.5) is 13.2 Å². The molecular weight excluding hydrogens is 219 g/mol. The Kier molecular flexibility index (Phi) is 4.35. The van der Waals surface area contributed by atoms with Gasteiger partial charge in [-0.25, -0.2) is 0 Å². The van der Waals surface area contributed by atoms with Crippen LogP contribution in [0.1, 0.15) is 18.9 Å². The highest BCUT2D eigenvalue weighted by atomic mass is 19.4. The van der Waals surface area contributed by atoms with Crippen LogP contribution >= 0.6 is 0 Å². The van der Waals surface area contributed by atoms with Crippen LogP contribution in [0.15, 0.2) is 12.4 Å². The van der Waals surface area contributed by atoms with Gasteiger partial charge in [-0.2, -0.15) is 18.3 Å². The molecule has 0 saturated heterocycles. The Morgan fingerprint density at radius 1 is 1.50 bits per heavy atom. The fourth-order valence-electron chi connectivity index (χ4n) is 1.65. The highest BCUT2D eigenvalue weighted by molar-refractivity contribution is 5.06. The lowest BCUT2D eigenvalue weighted by Crippen LogP contribution is -2.35. The number of hydrogen-bond donors (Lipinski definition) is 1. The highest BCUT2D eigenvalue weighted by Crippen LogP contribution is 2.23. The number of aromatic nitrogens is 2. The van der Waals surface area contributed by atoms with Gasteiger partial charge in [0, 0.05) is 19.3 Å². The Hall–Kier alpha value is -1.04. The lowest BCUT2D eigenvalue weighted by molar-refractivity contribution is -0.139. The molecule has 1 atom stereocenters. The van der Waals surface area contributed by atoms with E-state index >= 15 is 0 Å². The lowest BCUT2D eigenvalue weighted by atomic mass is 10.1. The first-order valence-electron chi connectivity index (χ1n) is 5.18. The van der Waals surface area contributed by atoms with Crippen LogP contribution < -0.4 is 5.32 Å². The normalized spacial score (nSPS) is 14.1. The second kappa shape index (κ2) is 5.34. The minimum absolute atomic E-state index is 0.348. The van der Waals surface area contributed by atoms with Gasteiger partial charge in [0.1, 0.15) is 0 Å². The van der Waals surface area contributed by atoms with Gasteiger partial charge >= 0.3 is 6.18 Å². The van der Waals surface area contributed by atoms with E-state index in [1.807, 2.05) is 0 Å². The summed E-state index contributed by atoms with van der Waals surface area (Å²) in [6.07, 6.45) is -1.26. The third kappa shape index (κ3) is 4.65. The maximum absolute atomic E-state index is 12.3. The molecular formula is C10H16F3N3. The molecule has 0 aliphatic heterocycles. The molecule has 0 fully saturated rings. The van der Waals surface area contributed by atoms with E-state index in [0.717, 1.165) is 5.56 Å². The van der Waals surface area contributed by atoms with Crippen molar-refractivity contribution in [2.75, 3.05) is 6.54 Å². The first-order valence-corrected chi connectivity index (χ1v) is 5.18. The first-order chi connectivity index (χ1) is 7.40.